The van der Waals surface area contributed by atoms with Crippen molar-refractivity contribution >= 4 is 27.3 Å². The Balaban J connectivity index is 1.53. The summed E-state index contributed by atoms with van der Waals surface area (Å²) < 4.78 is 52.9. The Hall–Kier alpha value is -2.69. The van der Waals surface area contributed by atoms with Crippen molar-refractivity contribution in [2.75, 3.05) is 43.6 Å². The number of sulfonamides is 1. The first-order valence-electron chi connectivity index (χ1n) is 10.0. The van der Waals surface area contributed by atoms with Gasteiger partial charge >= 0.3 is 0 Å². The van der Waals surface area contributed by atoms with Crippen molar-refractivity contribution in [3.8, 4) is 5.75 Å². The second kappa shape index (κ2) is 8.81. The zero-order valence-electron chi connectivity index (χ0n) is 17.1. The highest BCUT2D eigenvalue weighted by Gasteiger charge is 2.30. The van der Waals surface area contributed by atoms with E-state index in [1.807, 2.05) is 4.90 Å². The predicted molar refractivity (Wildman–Crippen MR) is 114 cm³/mol. The number of benzene rings is 2. The van der Waals surface area contributed by atoms with Gasteiger partial charge in [-0.05, 0) is 49.2 Å². The zero-order chi connectivity index (χ0) is 22.0. The van der Waals surface area contributed by atoms with Crippen molar-refractivity contribution in [3.63, 3.8) is 0 Å². The lowest BCUT2D eigenvalue weighted by molar-refractivity contribution is 0.102. The lowest BCUT2D eigenvalue weighted by Gasteiger charge is -2.29. The monoisotopic (exact) mass is 449 g/mol. The molecule has 0 radical (unpaired) electrons. The molecule has 0 unspecified atom stereocenters. The molecule has 4 rings (SSSR count). The number of nitrogens with one attached hydrogen (secondary N) is 2. The Bertz CT molecular complexity index is 1080. The van der Waals surface area contributed by atoms with Crippen LogP contribution >= 0.6 is 0 Å². The van der Waals surface area contributed by atoms with Gasteiger partial charge in [0.15, 0.2) is 0 Å². The van der Waals surface area contributed by atoms with Gasteiger partial charge in [0.2, 0.25) is 10.0 Å². The predicted octanol–water partition coefficient (Wildman–Crippen LogP) is 2.36. The summed E-state index contributed by atoms with van der Waals surface area (Å²) in [6.07, 6.45) is 1.57. The summed E-state index contributed by atoms with van der Waals surface area (Å²) in [4.78, 5) is 14.5. The van der Waals surface area contributed by atoms with Crippen molar-refractivity contribution in [2.24, 2.45) is 0 Å². The minimum Gasteiger partial charge on any atom is -0.495 e. The van der Waals surface area contributed by atoms with Gasteiger partial charge in [0.05, 0.1) is 26.0 Å². The molecule has 10 heteroatoms. The summed E-state index contributed by atoms with van der Waals surface area (Å²) in [7, 11) is -2.46. The van der Waals surface area contributed by atoms with Crippen molar-refractivity contribution < 1.29 is 27.1 Å². The number of ether oxygens (including phenoxy) is 2. The van der Waals surface area contributed by atoms with E-state index >= 15 is 0 Å². The van der Waals surface area contributed by atoms with Crippen LogP contribution in [-0.4, -0.2) is 53.8 Å². The third-order valence-electron chi connectivity index (χ3n) is 5.17. The van der Waals surface area contributed by atoms with E-state index in [2.05, 4.69) is 10.0 Å². The number of rotatable bonds is 7. The van der Waals surface area contributed by atoms with Gasteiger partial charge in [0.1, 0.15) is 16.5 Å². The highest BCUT2D eigenvalue weighted by Crippen LogP contribution is 2.29. The zero-order valence-corrected chi connectivity index (χ0v) is 17.9. The number of anilines is 2. The Kier molecular flexibility index (Phi) is 6.12. The minimum absolute atomic E-state index is 0.0832. The summed E-state index contributed by atoms with van der Waals surface area (Å²) in [5, 5.41) is 2.62. The van der Waals surface area contributed by atoms with Crippen LogP contribution in [-0.2, 0) is 14.8 Å². The van der Waals surface area contributed by atoms with E-state index in [1.165, 1.54) is 31.4 Å². The number of carbonyl (C=O) groups is 1. The molecule has 0 spiro atoms. The molecule has 2 aliphatic rings. The molecule has 1 saturated carbocycles. The van der Waals surface area contributed by atoms with Gasteiger partial charge in [-0.2, -0.15) is 0 Å². The van der Waals surface area contributed by atoms with Crippen LogP contribution in [0.15, 0.2) is 41.3 Å². The van der Waals surface area contributed by atoms with Crippen LogP contribution in [0.1, 0.15) is 23.2 Å². The first kappa shape index (κ1) is 21.5. The largest absolute Gasteiger partial charge is 0.495 e. The maximum Gasteiger partial charge on any atom is 0.255 e. The number of halogens is 1. The number of amides is 1. The lowest BCUT2D eigenvalue weighted by atomic mass is 10.2. The Morgan fingerprint density at radius 3 is 2.55 bits per heavy atom. The summed E-state index contributed by atoms with van der Waals surface area (Å²) >= 11 is 0. The molecule has 8 nitrogen and oxygen atoms in total. The molecule has 166 valence electrons. The molecule has 1 amide bonds. The molecular formula is C21H24FN3O5S. The molecule has 0 atom stereocenters. The molecule has 1 aliphatic heterocycles. The first-order chi connectivity index (χ1) is 14.9. The molecule has 0 bridgehead atoms. The number of morpholine rings is 1. The van der Waals surface area contributed by atoms with Gasteiger partial charge in [-0.1, -0.05) is 0 Å². The second-order valence-electron chi connectivity index (χ2n) is 7.48. The maximum atomic E-state index is 14.6. The van der Waals surface area contributed by atoms with Crippen LogP contribution in [0.5, 0.6) is 5.75 Å². The van der Waals surface area contributed by atoms with Gasteiger partial charge in [-0.25, -0.2) is 17.5 Å². The Labute approximate surface area is 180 Å². The highest BCUT2D eigenvalue weighted by atomic mass is 32.2. The topological polar surface area (TPSA) is 97.0 Å². The smallest absolute Gasteiger partial charge is 0.255 e. The summed E-state index contributed by atoms with van der Waals surface area (Å²) in [5.74, 6) is -0.860. The molecule has 0 aromatic heterocycles. The number of methoxy groups -OCH3 is 1. The third-order valence-corrected chi connectivity index (χ3v) is 6.71. The van der Waals surface area contributed by atoms with Crippen LogP contribution in [0.25, 0.3) is 0 Å². The lowest BCUT2D eigenvalue weighted by Crippen LogP contribution is -2.36. The third kappa shape index (κ3) is 4.97. The summed E-state index contributed by atoms with van der Waals surface area (Å²) in [6.45, 7) is 2.27. The molecular weight excluding hydrogens is 425 g/mol. The normalized spacial score (nSPS) is 16.8. The van der Waals surface area contributed by atoms with Crippen molar-refractivity contribution in [3.05, 3.63) is 47.8 Å². The van der Waals surface area contributed by atoms with Gasteiger partial charge in [0, 0.05) is 30.4 Å². The number of nitrogens with zero attached hydrogens (tertiary/aromatic N) is 1. The number of hydrogen-bond acceptors (Lipinski definition) is 6. The van der Waals surface area contributed by atoms with E-state index < -0.39 is 21.7 Å². The van der Waals surface area contributed by atoms with E-state index in [9.17, 15) is 17.6 Å². The fourth-order valence-corrected chi connectivity index (χ4v) is 4.86. The molecule has 2 fully saturated rings. The fourth-order valence-electron chi connectivity index (χ4n) is 3.36. The van der Waals surface area contributed by atoms with Crippen LogP contribution < -0.4 is 19.7 Å². The minimum atomic E-state index is -3.82. The average molecular weight is 450 g/mol. The van der Waals surface area contributed by atoms with Crippen LogP contribution in [0.3, 0.4) is 0 Å². The SMILES string of the molecule is COc1ccc(C(=O)Nc2ccc(N3CCOCC3)c(F)c2)cc1S(=O)(=O)NC1CC1. The molecule has 2 aromatic carbocycles. The van der Waals surface area contributed by atoms with Crippen molar-refractivity contribution in [1.29, 1.82) is 0 Å². The van der Waals surface area contributed by atoms with E-state index in [1.54, 1.807) is 12.1 Å². The molecule has 1 saturated heterocycles. The fraction of sp³-hybridized carbons (Fsp3) is 0.381. The van der Waals surface area contributed by atoms with Crippen LogP contribution in [0.2, 0.25) is 0 Å². The van der Waals surface area contributed by atoms with E-state index in [0.717, 1.165) is 12.8 Å². The molecule has 1 aliphatic carbocycles. The molecule has 2 N–H and O–H groups in total. The van der Waals surface area contributed by atoms with Crippen molar-refractivity contribution in [2.45, 2.75) is 23.8 Å². The standard InChI is InChI=1S/C21H24FN3O5S/c1-29-19-7-2-14(12-20(19)31(27,28)24-15-3-4-15)21(26)23-16-5-6-18(17(22)13-16)25-8-10-30-11-9-25/h2,5-7,12-13,15,24H,3-4,8-11H2,1H3,(H,23,26). The quantitative estimate of drug-likeness (QED) is 0.674. The number of hydrogen-bond donors (Lipinski definition) is 2. The first-order valence-corrected chi connectivity index (χ1v) is 11.5. The van der Waals surface area contributed by atoms with Crippen LogP contribution in [0.4, 0.5) is 15.8 Å². The van der Waals surface area contributed by atoms with E-state index in [0.29, 0.717) is 32.0 Å². The van der Waals surface area contributed by atoms with Crippen LogP contribution in [0, 0.1) is 5.82 Å². The molecule has 1 heterocycles. The van der Waals surface area contributed by atoms with E-state index in [-0.39, 0.29) is 27.9 Å². The molecule has 2 aromatic rings. The summed E-state index contributed by atoms with van der Waals surface area (Å²) in [6, 6.07) is 8.54. The maximum absolute atomic E-state index is 14.6. The van der Waals surface area contributed by atoms with Crippen molar-refractivity contribution in [1.82, 2.24) is 4.72 Å². The molecule has 31 heavy (non-hydrogen) atoms. The van der Waals surface area contributed by atoms with Gasteiger partial charge in [-0.15, -0.1) is 0 Å². The summed E-state index contributed by atoms with van der Waals surface area (Å²) in [5.41, 5.74) is 0.843. The second-order valence-corrected chi connectivity index (χ2v) is 9.16. The Morgan fingerprint density at radius 2 is 1.90 bits per heavy atom. The highest BCUT2D eigenvalue weighted by molar-refractivity contribution is 7.89. The van der Waals surface area contributed by atoms with Gasteiger partial charge in [-0.3, -0.25) is 4.79 Å². The van der Waals surface area contributed by atoms with Gasteiger partial charge in [0.25, 0.3) is 5.91 Å². The average Bonchev–Trinajstić information content (AvgIpc) is 3.57. The van der Waals surface area contributed by atoms with E-state index in [4.69, 9.17) is 9.47 Å². The van der Waals surface area contributed by atoms with Gasteiger partial charge < -0.3 is 19.7 Å². The number of carbonyl (C=O) groups excluding carboxylic acids is 1. The Morgan fingerprint density at radius 1 is 1.16 bits per heavy atom.